The lowest BCUT2D eigenvalue weighted by Gasteiger charge is -2.11. The predicted octanol–water partition coefficient (Wildman–Crippen LogP) is 2.69. The van der Waals surface area contributed by atoms with Crippen molar-refractivity contribution in [2.45, 2.75) is 27.0 Å². The van der Waals surface area contributed by atoms with E-state index in [0.717, 1.165) is 12.1 Å². The number of hydrogen-bond donors (Lipinski definition) is 1. The lowest BCUT2D eigenvalue weighted by atomic mass is 10.2. The third kappa shape index (κ3) is 5.04. The van der Waals surface area contributed by atoms with Crippen molar-refractivity contribution in [1.82, 2.24) is 9.78 Å². The number of aromatic nitrogens is 2. The van der Waals surface area contributed by atoms with Gasteiger partial charge in [0.1, 0.15) is 12.4 Å². The number of carbonyl (C=O) groups excluding carboxylic acids is 1. The van der Waals surface area contributed by atoms with E-state index < -0.39 is 0 Å². The second-order valence-electron chi connectivity index (χ2n) is 5.32. The van der Waals surface area contributed by atoms with Crippen LogP contribution in [0.5, 0.6) is 0 Å². The Morgan fingerprint density at radius 1 is 1.29 bits per heavy atom. The standard InChI is InChI=1S/C16H21N3O2/c1-13(2)10-19-15(8-9-17-19)18-16(20)12-21-11-14-6-4-3-5-7-14/h3-9,13H,10-12H2,1-2H3,(H,18,20). The van der Waals surface area contributed by atoms with Gasteiger partial charge in [0.2, 0.25) is 0 Å². The normalized spacial score (nSPS) is 10.8. The van der Waals surface area contributed by atoms with Gasteiger partial charge in [-0.2, -0.15) is 5.10 Å². The van der Waals surface area contributed by atoms with Crippen molar-refractivity contribution >= 4 is 11.7 Å². The van der Waals surface area contributed by atoms with E-state index in [1.165, 1.54) is 0 Å². The van der Waals surface area contributed by atoms with Crippen molar-refractivity contribution in [3.63, 3.8) is 0 Å². The largest absolute Gasteiger partial charge is 0.367 e. The monoisotopic (exact) mass is 287 g/mol. The molecule has 1 aromatic heterocycles. The zero-order valence-electron chi connectivity index (χ0n) is 12.5. The van der Waals surface area contributed by atoms with Crippen LogP contribution < -0.4 is 5.32 Å². The molecule has 1 N–H and O–H groups in total. The number of carbonyl (C=O) groups is 1. The van der Waals surface area contributed by atoms with Crippen molar-refractivity contribution in [3.05, 3.63) is 48.2 Å². The van der Waals surface area contributed by atoms with Gasteiger partial charge in [0, 0.05) is 12.6 Å². The summed E-state index contributed by atoms with van der Waals surface area (Å²) in [4.78, 5) is 11.9. The summed E-state index contributed by atoms with van der Waals surface area (Å²) in [5.41, 5.74) is 1.05. The topological polar surface area (TPSA) is 56.2 Å². The van der Waals surface area contributed by atoms with E-state index in [-0.39, 0.29) is 12.5 Å². The summed E-state index contributed by atoms with van der Waals surface area (Å²) in [6.45, 7) is 5.45. The van der Waals surface area contributed by atoms with E-state index in [1.54, 1.807) is 16.9 Å². The van der Waals surface area contributed by atoms with Crippen LogP contribution in [-0.4, -0.2) is 22.3 Å². The summed E-state index contributed by atoms with van der Waals surface area (Å²) in [6.07, 6.45) is 1.68. The van der Waals surface area contributed by atoms with Crippen molar-refractivity contribution in [2.75, 3.05) is 11.9 Å². The summed E-state index contributed by atoms with van der Waals surface area (Å²) >= 11 is 0. The highest BCUT2D eigenvalue weighted by Gasteiger charge is 2.08. The van der Waals surface area contributed by atoms with E-state index in [1.807, 2.05) is 30.3 Å². The molecule has 0 saturated heterocycles. The molecule has 0 saturated carbocycles. The fourth-order valence-corrected chi connectivity index (χ4v) is 1.94. The van der Waals surface area contributed by atoms with Crippen LogP contribution in [0.4, 0.5) is 5.82 Å². The first kappa shape index (κ1) is 15.3. The highest BCUT2D eigenvalue weighted by Crippen LogP contribution is 2.09. The van der Waals surface area contributed by atoms with Gasteiger partial charge in [0.05, 0.1) is 12.8 Å². The Morgan fingerprint density at radius 2 is 2.05 bits per heavy atom. The number of anilines is 1. The maximum absolute atomic E-state index is 11.9. The first-order valence-electron chi connectivity index (χ1n) is 7.08. The molecule has 0 radical (unpaired) electrons. The van der Waals surface area contributed by atoms with E-state index >= 15 is 0 Å². The van der Waals surface area contributed by atoms with Gasteiger partial charge in [-0.05, 0) is 11.5 Å². The maximum atomic E-state index is 11.9. The molecule has 0 fully saturated rings. The van der Waals surface area contributed by atoms with Crippen LogP contribution in [-0.2, 0) is 22.7 Å². The zero-order chi connectivity index (χ0) is 15.1. The average molecular weight is 287 g/mol. The Morgan fingerprint density at radius 3 is 2.76 bits per heavy atom. The highest BCUT2D eigenvalue weighted by molar-refractivity contribution is 5.90. The number of ether oxygens (including phenoxy) is 1. The first-order chi connectivity index (χ1) is 10.1. The zero-order valence-corrected chi connectivity index (χ0v) is 12.5. The van der Waals surface area contributed by atoms with Crippen molar-refractivity contribution in [2.24, 2.45) is 5.92 Å². The molecule has 112 valence electrons. The van der Waals surface area contributed by atoms with Crippen LogP contribution >= 0.6 is 0 Å². The van der Waals surface area contributed by atoms with Gasteiger partial charge < -0.3 is 10.1 Å². The molecule has 0 aliphatic rings. The predicted molar refractivity (Wildman–Crippen MR) is 81.8 cm³/mol. The Balaban J connectivity index is 1.78. The SMILES string of the molecule is CC(C)Cn1nccc1NC(=O)COCc1ccccc1. The van der Waals surface area contributed by atoms with Gasteiger partial charge in [-0.3, -0.25) is 4.79 Å². The molecule has 5 nitrogen and oxygen atoms in total. The van der Waals surface area contributed by atoms with Gasteiger partial charge in [-0.1, -0.05) is 44.2 Å². The van der Waals surface area contributed by atoms with Crippen LogP contribution in [0.25, 0.3) is 0 Å². The molecule has 0 atom stereocenters. The molecular weight excluding hydrogens is 266 g/mol. The van der Waals surface area contributed by atoms with Crippen LogP contribution in [0.1, 0.15) is 19.4 Å². The molecule has 2 aromatic rings. The smallest absolute Gasteiger partial charge is 0.251 e. The molecule has 0 aliphatic heterocycles. The first-order valence-corrected chi connectivity index (χ1v) is 7.08. The summed E-state index contributed by atoms with van der Waals surface area (Å²) in [6, 6.07) is 11.6. The molecular formula is C16H21N3O2. The van der Waals surface area contributed by atoms with Crippen molar-refractivity contribution in [1.29, 1.82) is 0 Å². The van der Waals surface area contributed by atoms with Gasteiger partial charge in [0.15, 0.2) is 0 Å². The number of rotatable bonds is 7. The number of nitrogens with zero attached hydrogens (tertiary/aromatic N) is 2. The Labute approximate surface area is 124 Å². The van der Waals surface area contributed by atoms with Gasteiger partial charge >= 0.3 is 0 Å². The highest BCUT2D eigenvalue weighted by atomic mass is 16.5. The lowest BCUT2D eigenvalue weighted by molar-refractivity contribution is -0.121. The second-order valence-corrected chi connectivity index (χ2v) is 5.32. The van der Waals surface area contributed by atoms with Crippen LogP contribution in [0.2, 0.25) is 0 Å². The van der Waals surface area contributed by atoms with E-state index in [2.05, 4.69) is 24.3 Å². The van der Waals surface area contributed by atoms with Gasteiger partial charge in [-0.15, -0.1) is 0 Å². The van der Waals surface area contributed by atoms with Gasteiger partial charge in [-0.25, -0.2) is 4.68 Å². The molecule has 1 aromatic carbocycles. The average Bonchev–Trinajstić information content (AvgIpc) is 2.86. The summed E-state index contributed by atoms with van der Waals surface area (Å²) in [7, 11) is 0. The van der Waals surface area contributed by atoms with Crippen molar-refractivity contribution in [3.8, 4) is 0 Å². The molecule has 1 heterocycles. The van der Waals surface area contributed by atoms with E-state index in [0.29, 0.717) is 18.3 Å². The minimum Gasteiger partial charge on any atom is -0.367 e. The van der Waals surface area contributed by atoms with E-state index in [9.17, 15) is 4.79 Å². The minimum atomic E-state index is -0.170. The molecule has 0 unspecified atom stereocenters. The molecule has 0 bridgehead atoms. The lowest BCUT2D eigenvalue weighted by Crippen LogP contribution is -2.21. The summed E-state index contributed by atoms with van der Waals surface area (Å²) < 4.78 is 7.20. The minimum absolute atomic E-state index is 0.0295. The number of amides is 1. The molecule has 0 spiro atoms. The number of nitrogens with one attached hydrogen (secondary N) is 1. The van der Waals surface area contributed by atoms with Gasteiger partial charge in [0.25, 0.3) is 5.91 Å². The fraction of sp³-hybridized carbons (Fsp3) is 0.375. The van der Waals surface area contributed by atoms with Crippen LogP contribution in [0.15, 0.2) is 42.6 Å². The molecule has 5 heteroatoms. The van der Waals surface area contributed by atoms with Crippen LogP contribution in [0, 0.1) is 5.92 Å². The molecule has 2 rings (SSSR count). The fourth-order valence-electron chi connectivity index (χ4n) is 1.94. The number of hydrogen-bond acceptors (Lipinski definition) is 3. The Bertz CT molecular complexity index is 564. The van der Waals surface area contributed by atoms with E-state index in [4.69, 9.17) is 4.74 Å². The molecule has 1 amide bonds. The third-order valence-corrected chi connectivity index (χ3v) is 2.87. The quantitative estimate of drug-likeness (QED) is 0.852. The summed E-state index contributed by atoms with van der Waals surface area (Å²) in [5, 5.41) is 7.02. The summed E-state index contributed by atoms with van der Waals surface area (Å²) in [5.74, 6) is 1.00. The Kier molecular flexibility index (Phi) is 5.51. The molecule has 21 heavy (non-hydrogen) atoms. The van der Waals surface area contributed by atoms with Crippen molar-refractivity contribution < 1.29 is 9.53 Å². The maximum Gasteiger partial charge on any atom is 0.251 e. The number of benzene rings is 1. The second kappa shape index (κ2) is 7.59. The Hall–Kier alpha value is -2.14. The third-order valence-electron chi connectivity index (χ3n) is 2.87. The molecule has 0 aliphatic carbocycles. The van der Waals surface area contributed by atoms with Crippen LogP contribution in [0.3, 0.4) is 0 Å².